The number of benzene rings is 1. The van der Waals surface area contributed by atoms with E-state index in [-0.39, 0.29) is 18.3 Å². The van der Waals surface area contributed by atoms with Crippen molar-refractivity contribution in [1.82, 2.24) is 10.6 Å². The Labute approximate surface area is 136 Å². The molecule has 2 atom stereocenters. The van der Waals surface area contributed by atoms with E-state index in [0.717, 1.165) is 30.2 Å². The smallest absolute Gasteiger partial charge is 0.230 e. The van der Waals surface area contributed by atoms with Crippen LogP contribution in [-0.4, -0.2) is 37.9 Å². The second-order valence-electron chi connectivity index (χ2n) is 5.11. The Bertz CT molecular complexity index is 442. The number of amides is 1. The molecule has 6 heteroatoms. The van der Waals surface area contributed by atoms with Crippen LogP contribution in [0, 0.1) is 5.92 Å². The highest BCUT2D eigenvalue weighted by molar-refractivity contribution is 8.00. The normalized spacial score (nSPS) is 21.2. The molecule has 0 radical (unpaired) electrons. The second kappa shape index (κ2) is 9.18. The number of carbonyl (C=O) groups is 1. The van der Waals surface area contributed by atoms with Crippen LogP contribution >= 0.6 is 24.2 Å². The zero-order valence-corrected chi connectivity index (χ0v) is 14.1. The van der Waals surface area contributed by atoms with Gasteiger partial charge in [-0.3, -0.25) is 4.79 Å². The fraction of sp³-hybridized carbons (Fsp3) is 0.533. The molecule has 2 unspecified atom stereocenters. The van der Waals surface area contributed by atoms with Gasteiger partial charge in [0.2, 0.25) is 5.91 Å². The quantitative estimate of drug-likeness (QED) is 0.814. The Morgan fingerprint density at radius 1 is 1.43 bits per heavy atom. The highest BCUT2D eigenvalue weighted by Crippen LogP contribution is 2.21. The molecule has 1 aromatic rings. The molecule has 1 saturated heterocycles. The van der Waals surface area contributed by atoms with Crippen molar-refractivity contribution in [3.63, 3.8) is 0 Å². The summed E-state index contributed by atoms with van der Waals surface area (Å²) >= 11 is 1.55. The third-order valence-corrected chi connectivity index (χ3v) is 4.57. The average Bonchev–Trinajstić information content (AvgIpc) is 2.48. The summed E-state index contributed by atoms with van der Waals surface area (Å²) in [5.74, 6) is 1.91. The summed E-state index contributed by atoms with van der Waals surface area (Å²) in [6.07, 6.45) is 1.01. The minimum Gasteiger partial charge on any atom is -0.497 e. The summed E-state index contributed by atoms with van der Waals surface area (Å²) in [6, 6.07) is 8.08. The van der Waals surface area contributed by atoms with Crippen molar-refractivity contribution >= 4 is 30.1 Å². The molecule has 1 fully saturated rings. The maximum atomic E-state index is 12.0. The van der Waals surface area contributed by atoms with Crippen LogP contribution in [0.15, 0.2) is 29.2 Å². The summed E-state index contributed by atoms with van der Waals surface area (Å²) < 4.78 is 5.11. The monoisotopic (exact) mass is 330 g/mol. The van der Waals surface area contributed by atoms with Crippen LogP contribution in [0.3, 0.4) is 0 Å². The van der Waals surface area contributed by atoms with Crippen molar-refractivity contribution in [1.29, 1.82) is 0 Å². The number of methoxy groups -OCH3 is 1. The molecule has 0 saturated carbocycles. The fourth-order valence-electron chi connectivity index (χ4n) is 2.30. The van der Waals surface area contributed by atoms with Crippen molar-refractivity contribution in [2.24, 2.45) is 5.92 Å². The maximum Gasteiger partial charge on any atom is 0.230 e. The van der Waals surface area contributed by atoms with Crippen molar-refractivity contribution in [2.75, 3.05) is 26.0 Å². The van der Waals surface area contributed by atoms with Gasteiger partial charge in [0.25, 0.3) is 0 Å². The topological polar surface area (TPSA) is 50.4 Å². The summed E-state index contributed by atoms with van der Waals surface area (Å²) in [7, 11) is 1.65. The Kier molecular flexibility index (Phi) is 7.93. The molecule has 118 valence electrons. The Morgan fingerprint density at radius 3 is 2.76 bits per heavy atom. The first-order chi connectivity index (χ1) is 9.69. The molecule has 0 bridgehead atoms. The van der Waals surface area contributed by atoms with E-state index >= 15 is 0 Å². The zero-order valence-electron chi connectivity index (χ0n) is 12.4. The Balaban J connectivity index is 0.00000220. The van der Waals surface area contributed by atoms with Gasteiger partial charge in [-0.05, 0) is 49.7 Å². The maximum absolute atomic E-state index is 12.0. The molecule has 21 heavy (non-hydrogen) atoms. The van der Waals surface area contributed by atoms with Gasteiger partial charge in [-0.15, -0.1) is 24.2 Å². The van der Waals surface area contributed by atoms with Crippen molar-refractivity contribution in [2.45, 2.75) is 24.3 Å². The number of piperidine rings is 1. The van der Waals surface area contributed by atoms with Gasteiger partial charge in [-0.25, -0.2) is 0 Å². The van der Waals surface area contributed by atoms with Gasteiger partial charge < -0.3 is 15.4 Å². The minimum absolute atomic E-state index is 0. The number of thioether (sulfide) groups is 1. The molecule has 1 amide bonds. The lowest BCUT2D eigenvalue weighted by Gasteiger charge is -2.30. The predicted octanol–water partition coefficient (Wildman–Crippen LogP) is 2.32. The van der Waals surface area contributed by atoms with Crippen LogP contribution in [0.1, 0.15) is 13.3 Å². The number of hydrogen-bond donors (Lipinski definition) is 2. The second-order valence-corrected chi connectivity index (χ2v) is 6.16. The highest BCUT2D eigenvalue weighted by atomic mass is 35.5. The molecule has 0 aromatic heterocycles. The van der Waals surface area contributed by atoms with E-state index in [9.17, 15) is 4.79 Å². The molecule has 2 rings (SSSR count). The van der Waals surface area contributed by atoms with Crippen LogP contribution in [0.4, 0.5) is 0 Å². The number of carbonyl (C=O) groups excluding carboxylic acids is 1. The highest BCUT2D eigenvalue weighted by Gasteiger charge is 2.22. The van der Waals surface area contributed by atoms with Gasteiger partial charge in [0.1, 0.15) is 5.75 Å². The van der Waals surface area contributed by atoms with Gasteiger partial charge in [-0.1, -0.05) is 6.92 Å². The minimum atomic E-state index is 0. The summed E-state index contributed by atoms with van der Waals surface area (Å²) in [5.41, 5.74) is 0. The Hall–Kier alpha value is -0.910. The SMILES string of the molecule is COc1ccc(SCC(=O)NC2CCNCC2C)cc1.Cl. The van der Waals surface area contributed by atoms with Crippen molar-refractivity contribution in [3.05, 3.63) is 24.3 Å². The molecule has 0 aliphatic carbocycles. The number of hydrogen-bond acceptors (Lipinski definition) is 4. The lowest BCUT2D eigenvalue weighted by Crippen LogP contribution is -2.48. The molecule has 1 aromatic carbocycles. The van der Waals surface area contributed by atoms with Gasteiger partial charge in [0.15, 0.2) is 0 Å². The molecule has 2 N–H and O–H groups in total. The summed E-state index contributed by atoms with van der Waals surface area (Å²) in [5, 5.41) is 6.47. The van der Waals surface area contributed by atoms with E-state index in [1.54, 1.807) is 18.9 Å². The molecular weight excluding hydrogens is 308 g/mol. The molecule has 0 spiro atoms. The van der Waals surface area contributed by atoms with E-state index in [0.29, 0.717) is 17.7 Å². The first-order valence-electron chi connectivity index (χ1n) is 6.96. The number of ether oxygens (including phenoxy) is 1. The number of nitrogens with one attached hydrogen (secondary N) is 2. The lowest BCUT2D eigenvalue weighted by atomic mass is 9.95. The van der Waals surface area contributed by atoms with Crippen LogP contribution < -0.4 is 15.4 Å². The predicted molar refractivity (Wildman–Crippen MR) is 89.5 cm³/mol. The van der Waals surface area contributed by atoms with Crippen molar-refractivity contribution in [3.8, 4) is 5.75 Å². The van der Waals surface area contributed by atoms with Crippen molar-refractivity contribution < 1.29 is 9.53 Å². The molecule has 4 nitrogen and oxygen atoms in total. The first-order valence-corrected chi connectivity index (χ1v) is 7.94. The molecule has 1 aliphatic rings. The van der Waals surface area contributed by atoms with Gasteiger partial charge in [0, 0.05) is 10.9 Å². The van der Waals surface area contributed by atoms with E-state index in [1.807, 2.05) is 24.3 Å². The van der Waals surface area contributed by atoms with Crippen LogP contribution in [-0.2, 0) is 4.79 Å². The lowest BCUT2D eigenvalue weighted by molar-refractivity contribution is -0.119. The van der Waals surface area contributed by atoms with Crippen LogP contribution in [0.5, 0.6) is 5.75 Å². The average molecular weight is 331 g/mol. The molecule has 1 aliphatic heterocycles. The van der Waals surface area contributed by atoms with E-state index in [2.05, 4.69) is 17.6 Å². The van der Waals surface area contributed by atoms with Gasteiger partial charge in [0.05, 0.1) is 12.9 Å². The third-order valence-electron chi connectivity index (χ3n) is 3.56. The largest absolute Gasteiger partial charge is 0.497 e. The molecular formula is C15H23ClN2O2S. The van der Waals surface area contributed by atoms with Gasteiger partial charge >= 0.3 is 0 Å². The summed E-state index contributed by atoms with van der Waals surface area (Å²) in [6.45, 7) is 4.14. The third kappa shape index (κ3) is 5.77. The van der Waals surface area contributed by atoms with Gasteiger partial charge in [-0.2, -0.15) is 0 Å². The molecule has 1 heterocycles. The number of rotatable bonds is 5. The number of halogens is 1. The zero-order chi connectivity index (χ0) is 14.4. The Morgan fingerprint density at radius 2 is 2.14 bits per heavy atom. The fourth-order valence-corrected chi connectivity index (χ4v) is 3.01. The van der Waals surface area contributed by atoms with E-state index in [1.165, 1.54) is 0 Å². The van der Waals surface area contributed by atoms with E-state index in [4.69, 9.17) is 4.74 Å². The summed E-state index contributed by atoms with van der Waals surface area (Å²) in [4.78, 5) is 13.1. The van der Waals surface area contributed by atoms with Crippen LogP contribution in [0.2, 0.25) is 0 Å². The standard InChI is InChI=1S/C15H22N2O2S.ClH/c1-11-9-16-8-7-14(11)17-15(18)10-20-13-5-3-12(19-2)4-6-13;/h3-6,11,14,16H,7-10H2,1-2H3,(H,17,18);1H. The van der Waals surface area contributed by atoms with Crippen LogP contribution in [0.25, 0.3) is 0 Å². The first kappa shape index (κ1) is 18.1. The van der Waals surface area contributed by atoms with E-state index < -0.39 is 0 Å².